The van der Waals surface area contributed by atoms with Gasteiger partial charge in [-0.1, -0.05) is 46.1 Å². The van der Waals surface area contributed by atoms with Crippen molar-refractivity contribution in [1.29, 1.82) is 0 Å². The molecule has 1 aromatic heterocycles. The second-order valence-electron chi connectivity index (χ2n) is 11.3. The number of carbonyl (C=O) groups excluding carboxylic acids is 2. The fourth-order valence-corrected chi connectivity index (χ4v) is 7.75. The predicted molar refractivity (Wildman–Crippen MR) is 133 cm³/mol. The average molecular weight is 475 g/mol. The van der Waals surface area contributed by atoms with E-state index < -0.39 is 6.10 Å². The molecule has 3 saturated carbocycles. The molecule has 3 N–H and O–H groups in total. The third-order valence-electron chi connectivity index (χ3n) is 9.26. The number of carbonyl (C=O) groups is 2. The highest BCUT2D eigenvalue weighted by Crippen LogP contribution is 2.55. The van der Waals surface area contributed by atoms with Crippen LogP contribution in [-0.4, -0.2) is 29.1 Å². The standard InChI is InChI=1S/C27H42N2O3S/c1-17(25(31)28-16-20-10-7-15-33-20)21-11-13-27(3)14-12-22(18(2)23(27)24(21)30)29-26(32)19-8-5-4-6-9-19/h7,10,15,17-19,21-24,30H,4-6,8-9,11-14,16H2,1-3H3,(H,28,31)(H,29,32)/t17-,18+,21-,22-,23+,24-,27-/m0/s1. The summed E-state index contributed by atoms with van der Waals surface area (Å²) in [6.45, 7) is 7.04. The molecule has 0 saturated heterocycles. The van der Waals surface area contributed by atoms with E-state index in [9.17, 15) is 14.7 Å². The number of hydrogen-bond acceptors (Lipinski definition) is 4. The van der Waals surface area contributed by atoms with Crippen LogP contribution < -0.4 is 10.6 Å². The Hall–Kier alpha value is -1.40. The number of amides is 2. The predicted octanol–water partition coefficient (Wildman–Crippen LogP) is 4.89. The molecule has 184 valence electrons. The maximum atomic E-state index is 12.9. The summed E-state index contributed by atoms with van der Waals surface area (Å²) in [5.74, 6) is 0.454. The van der Waals surface area contributed by atoms with Gasteiger partial charge in [0.2, 0.25) is 11.8 Å². The lowest BCUT2D eigenvalue weighted by Crippen LogP contribution is -2.59. The van der Waals surface area contributed by atoms with Gasteiger partial charge in [-0.05, 0) is 73.1 Å². The molecule has 3 fully saturated rings. The number of aliphatic hydroxyl groups excluding tert-OH is 1. The Bertz CT molecular complexity index is 806. The molecule has 3 aliphatic rings. The topological polar surface area (TPSA) is 78.4 Å². The lowest BCUT2D eigenvalue weighted by atomic mass is 9.51. The zero-order valence-corrected chi connectivity index (χ0v) is 21.3. The van der Waals surface area contributed by atoms with Gasteiger partial charge in [-0.2, -0.15) is 0 Å². The molecule has 0 bridgehead atoms. The summed E-state index contributed by atoms with van der Waals surface area (Å²) < 4.78 is 0. The first kappa shape index (κ1) is 24.7. The van der Waals surface area contributed by atoms with Crippen molar-refractivity contribution in [2.75, 3.05) is 0 Å². The van der Waals surface area contributed by atoms with Crippen LogP contribution in [0.2, 0.25) is 0 Å². The summed E-state index contributed by atoms with van der Waals surface area (Å²) in [4.78, 5) is 27.0. The van der Waals surface area contributed by atoms with E-state index in [1.54, 1.807) is 11.3 Å². The number of nitrogens with one attached hydrogen (secondary N) is 2. The van der Waals surface area contributed by atoms with Gasteiger partial charge >= 0.3 is 0 Å². The van der Waals surface area contributed by atoms with Gasteiger partial charge in [0.15, 0.2) is 0 Å². The fourth-order valence-electron chi connectivity index (χ4n) is 7.11. The number of thiophene rings is 1. The summed E-state index contributed by atoms with van der Waals surface area (Å²) in [5, 5.41) is 20.1. The molecule has 7 atom stereocenters. The zero-order valence-electron chi connectivity index (χ0n) is 20.5. The number of rotatable bonds is 6. The van der Waals surface area contributed by atoms with Gasteiger partial charge < -0.3 is 15.7 Å². The first-order valence-electron chi connectivity index (χ1n) is 13.1. The SMILES string of the molecule is C[C@H]1[C@@H]2[C@@H](O)[C@H]([C@H](C)C(=O)NCc3cccs3)CC[C@@]2(C)CC[C@@H]1NC(=O)C1CCCCC1. The smallest absolute Gasteiger partial charge is 0.223 e. The van der Waals surface area contributed by atoms with Gasteiger partial charge in [-0.25, -0.2) is 0 Å². The van der Waals surface area contributed by atoms with Crippen LogP contribution in [0, 0.1) is 35.0 Å². The van der Waals surface area contributed by atoms with Crippen molar-refractivity contribution in [1.82, 2.24) is 10.6 Å². The Morgan fingerprint density at radius 3 is 2.61 bits per heavy atom. The van der Waals surface area contributed by atoms with Crippen molar-refractivity contribution < 1.29 is 14.7 Å². The first-order valence-corrected chi connectivity index (χ1v) is 14.0. The monoisotopic (exact) mass is 474 g/mol. The van der Waals surface area contributed by atoms with Gasteiger partial charge in [0.05, 0.1) is 12.6 Å². The second-order valence-corrected chi connectivity index (χ2v) is 12.3. The van der Waals surface area contributed by atoms with Crippen LogP contribution in [0.4, 0.5) is 0 Å². The summed E-state index contributed by atoms with van der Waals surface area (Å²) in [5.41, 5.74) is 0.0779. The highest BCUT2D eigenvalue weighted by Gasteiger charge is 2.54. The van der Waals surface area contributed by atoms with Gasteiger partial charge in [-0.3, -0.25) is 9.59 Å². The lowest BCUT2D eigenvalue weighted by molar-refractivity contribution is -0.144. The van der Waals surface area contributed by atoms with E-state index >= 15 is 0 Å². The Labute approximate surface area is 203 Å². The van der Waals surface area contributed by atoms with Crippen LogP contribution in [-0.2, 0) is 16.1 Å². The van der Waals surface area contributed by atoms with Gasteiger partial charge in [-0.15, -0.1) is 11.3 Å². The van der Waals surface area contributed by atoms with E-state index in [-0.39, 0.29) is 52.9 Å². The average Bonchev–Trinajstić information content (AvgIpc) is 3.33. The third kappa shape index (κ3) is 5.32. The Balaban J connectivity index is 1.40. The minimum Gasteiger partial charge on any atom is -0.392 e. The Kier molecular flexibility index (Phi) is 7.84. The Morgan fingerprint density at radius 1 is 1.18 bits per heavy atom. The molecule has 1 heterocycles. The summed E-state index contributed by atoms with van der Waals surface area (Å²) in [6.07, 6.45) is 9.00. The van der Waals surface area contributed by atoms with Crippen molar-refractivity contribution in [3.63, 3.8) is 0 Å². The molecule has 0 radical (unpaired) electrons. The first-order chi connectivity index (χ1) is 15.8. The van der Waals surface area contributed by atoms with Crippen LogP contribution in [0.15, 0.2) is 17.5 Å². The molecule has 3 aliphatic carbocycles. The second kappa shape index (κ2) is 10.5. The fraction of sp³-hybridized carbons (Fsp3) is 0.778. The number of fused-ring (bicyclic) bond motifs is 1. The van der Waals surface area contributed by atoms with Crippen molar-refractivity contribution in [2.45, 2.75) is 97.2 Å². The number of hydrogen-bond donors (Lipinski definition) is 3. The molecule has 33 heavy (non-hydrogen) atoms. The molecular formula is C27H42N2O3S. The molecule has 6 heteroatoms. The molecule has 1 aromatic rings. The normalized spacial score (nSPS) is 35.9. The Morgan fingerprint density at radius 2 is 1.91 bits per heavy atom. The minimum atomic E-state index is -0.518. The third-order valence-corrected chi connectivity index (χ3v) is 10.1. The lowest BCUT2D eigenvalue weighted by Gasteiger charge is -2.56. The van der Waals surface area contributed by atoms with E-state index in [0.717, 1.165) is 56.2 Å². The van der Waals surface area contributed by atoms with Crippen molar-refractivity contribution in [3.8, 4) is 0 Å². The molecule has 2 amide bonds. The number of aliphatic hydroxyl groups is 1. The highest BCUT2D eigenvalue weighted by molar-refractivity contribution is 7.09. The van der Waals surface area contributed by atoms with Crippen LogP contribution in [0.3, 0.4) is 0 Å². The molecule has 0 aromatic carbocycles. The molecule has 5 nitrogen and oxygen atoms in total. The van der Waals surface area contributed by atoms with E-state index in [1.807, 2.05) is 24.4 Å². The van der Waals surface area contributed by atoms with Crippen LogP contribution in [0.1, 0.15) is 83.4 Å². The van der Waals surface area contributed by atoms with E-state index in [4.69, 9.17) is 0 Å². The molecule has 0 unspecified atom stereocenters. The van der Waals surface area contributed by atoms with Gasteiger partial charge in [0.25, 0.3) is 0 Å². The highest BCUT2D eigenvalue weighted by atomic mass is 32.1. The van der Waals surface area contributed by atoms with Crippen LogP contribution in [0.25, 0.3) is 0 Å². The van der Waals surface area contributed by atoms with E-state index in [2.05, 4.69) is 24.5 Å². The molecule has 4 rings (SSSR count). The van der Waals surface area contributed by atoms with Crippen LogP contribution >= 0.6 is 11.3 Å². The molecule has 0 spiro atoms. The zero-order chi connectivity index (χ0) is 23.6. The summed E-state index contributed by atoms with van der Waals surface area (Å²) >= 11 is 1.64. The van der Waals surface area contributed by atoms with Crippen molar-refractivity contribution in [3.05, 3.63) is 22.4 Å². The quantitative estimate of drug-likeness (QED) is 0.549. The molecule has 0 aliphatic heterocycles. The van der Waals surface area contributed by atoms with E-state index in [0.29, 0.717) is 6.54 Å². The van der Waals surface area contributed by atoms with Gasteiger partial charge in [0.1, 0.15) is 0 Å². The summed E-state index contributed by atoms with van der Waals surface area (Å²) in [7, 11) is 0. The van der Waals surface area contributed by atoms with E-state index in [1.165, 1.54) is 6.42 Å². The molecular weight excluding hydrogens is 432 g/mol. The largest absolute Gasteiger partial charge is 0.392 e. The maximum absolute atomic E-state index is 12.9. The van der Waals surface area contributed by atoms with Crippen molar-refractivity contribution >= 4 is 23.2 Å². The van der Waals surface area contributed by atoms with Crippen molar-refractivity contribution in [2.24, 2.45) is 35.0 Å². The summed E-state index contributed by atoms with van der Waals surface area (Å²) in [6, 6.07) is 4.14. The van der Waals surface area contributed by atoms with Gasteiger partial charge in [0, 0.05) is 22.8 Å². The van der Waals surface area contributed by atoms with Crippen LogP contribution in [0.5, 0.6) is 0 Å². The minimum absolute atomic E-state index is 0.0293. The maximum Gasteiger partial charge on any atom is 0.223 e.